The third-order valence-electron chi connectivity index (χ3n) is 2.73. The van der Waals surface area contributed by atoms with Crippen LogP contribution in [0, 0.1) is 0 Å². The van der Waals surface area contributed by atoms with Crippen LogP contribution in [0.15, 0.2) is 42.5 Å². The van der Waals surface area contributed by atoms with Crippen LogP contribution in [-0.2, 0) is 0 Å². The largest absolute Gasteiger partial charge is 0.454 e. The van der Waals surface area contributed by atoms with Crippen LogP contribution in [0.5, 0.6) is 11.5 Å². The van der Waals surface area contributed by atoms with Gasteiger partial charge in [-0.05, 0) is 30.3 Å². The quantitative estimate of drug-likeness (QED) is 0.914. The normalized spacial score (nSPS) is 12.3. The summed E-state index contributed by atoms with van der Waals surface area (Å²) in [5, 5.41) is 3.30. The average Bonchev–Trinajstić information content (AvgIpc) is 2.88. The molecular formula is C14H10ClNO3. The van der Waals surface area contributed by atoms with Crippen molar-refractivity contribution in [2.45, 2.75) is 0 Å². The van der Waals surface area contributed by atoms with Gasteiger partial charge in [0.05, 0.1) is 5.69 Å². The van der Waals surface area contributed by atoms with Crippen LogP contribution < -0.4 is 14.8 Å². The Kier molecular flexibility index (Phi) is 3.01. The average molecular weight is 276 g/mol. The van der Waals surface area contributed by atoms with E-state index in [2.05, 4.69) is 5.32 Å². The molecule has 96 valence electrons. The molecule has 1 aliphatic heterocycles. The molecule has 0 spiro atoms. The molecule has 3 rings (SSSR count). The fourth-order valence-electron chi connectivity index (χ4n) is 1.85. The number of carbonyl (C=O) groups excluding carboxylic acids is 1. The lowest BCUT2D eigenvalue weighted by Gasteiger charge is -2.08. The van der Waals surface area contributed by atoms with Crippen LogP contribution in [0.3, 0.4) is 0 Å². The van der Waals surface area contributed by atoms with Crippen molar-refractivity contribution >= 4 is 23.2 Å². The van der Waals surface area contributed by atoms with Crippen molar-refractivity contribution in [2.24, 2.45) is 0 Å². The second kappa shape index (κ2) is 4.82. The number of anilines is 1. The summed E-state index contributed by atoms with van der Waals surface area (Å²) in [6.07, 6.45) is 0. The third kappa shape index (κ3) is 2.35. The Morgan fingerprint density at radius 1 is 1.16 bits per heavy atom. The molecule has 2 aromatic carbocycles. The fraction of sp³-hybridized carbons (Fsp3) is 0.0714. The highest BCUT2D eigenvalue weighted by Gasteiger charge is 2.19. The van der Waals surface area contributed by atoms with Gasteiger partial charge in [-0.1, -0.05) is 23.7 Å². The lowest BCUT2D eigenvalue weighted by Crippen LogP contribution is -2.12. The van der Waals surface area contributed by atoms with Crippen LogP contribution in [-0.4, -0.2) is 12.7 Å². The van der Waals surface area contributed by atoms with Gasteiger partial charge in [0.25, 0.3) is 5.91 Å². The predicted octanol–water partition coefficient (Wildman–Crippen LogP) is 3.32. The molecule has 0 atom stereocenters. The first-order valence-corrected chi connectivity index (χ1v) is 6.07. The van der Waals surface area contributed by atoms with Gasteiger partial charge in [-0.2, -0.15) is 0 Å². The summed E-state index contributed by atoms with van der Waals surface area (Å²) in [6, 6.07) is 12.1. The zero-order valence-corrected chi connectivity index (χ0v) is 10.6. The minimum atomic E-state index is -0.244. The summed E-state index contributed by atoms with van der Waals surface area (Å²) in [5.41, 5.74) is 1.07. The smallest absolute Gasteiger partial charge is 0.255 e. The second-order valence-corrected chi connectivity index (χ2v) is 4.44. The first-order chi connectivity index (χ1) is 9.24. The van der Waals surface area contributed by atoms with E-state index < -0.39 is 0 Å². The van der Waals surface area contributed by atoms with Gasteiger partial charge < -0.3 is 14.8 Å². The molecule has 0 aliphatic carbocycles. The topological polar surface area (TPSA) is 47.6 Å². The molecule has 4 nitrogen and oxygen atoms in total. The van der Waals surface area contributed by atoms with Crippen molar-refractivity contribution < 1.29 is 14.3 Å². The van der Waals surface area contributed by atoms with E-state index in [1.54, 1.807) is 42.5 Å². The molecule has 1 heterocycles. The Morgan fingerprint density at radius 3 is 2.84 bits per heavy atom. The number of fused-ring (bicyclic) bond motifs is 1. The van der Waals surface area contributed by atoms with Crippen LogP contribution in [0.1, 0.15) is 10.4 Å². The van der Waals surface area contributed by atoms with Crippen LogP contribution in [0.2, 0.25) is 5.02 Å². The summed E-state index contributed by atoms with van der Waals surface area (Å²) in [6.45, 7) is 0.166. The molecule has 1 aliphatic rings. The van der Waals surface area contributed by atoms with E-state index in [9.17, 15) is 4.79 Å². The number of benzene rings is 2. The lowest BCUT2D eigenvalue weighted by atomic mass is 10.2. The fourth-order valence-corrected chi connectivity index (χ4v) is 2.04. The molecule has 19 heavy (non-hydrogen) atoms. The highest BCUT2D eigenvalue weighted by Crippen LogP contribution is 2.38. The Bertz CT molecular complexity index is 642. The van der Waals surface area contributed by atoms with Crippen LogP contribution >= 0.6 is 11.6 Å². The maximum Gasteiger partial charge on any atom is 0.255 e. The molecule has 2 aromatic rings. The number of halogens is 1. The zero-order valence-electron chi connectivity index (χ0n) is 9.85. The van der Waals surface area contributed by atoms with Crippen molar-refractivity contribution in [1.29, 1.82) is 0 Å². The van der Waals surface area contributed by atoms with Crippen LogP contribution in [0.4, 0.5) is 5.69 Å². The molecular weight excluding hydrogens is 266 g/mol. The minimum absolute atomic E-state index is 0.166. The van der Waals surface area contributed by atoms with E-state index in [-0.39, 0.29) is 12.7 Å². The summed E-state index contributed by atoms with van der Waals surface area (Å²) in [4.78, 5) is 12.1. The highest BCUT2D eigenvalue weighted by atomic mass is 35.5. The Balaban J connectivity index is 1.86. The molecule has 1 N–H and O–H groups in total. The van der Waals surface area contributed by atoms with Gasteiger partial charge in [-0.3, -0.25) is 4.79 Å². The number of nitrogens with one attached hydrogen (secondary N) is 1. The van der Waals surface area contributed by atoms with E-state index in [4.69, 9.17) is 21.1 Å². The van der Waals surface area contributed by atoms with E-state index in [0.29, 0.717) is 27.8 Å². The first-order valence-electron chi connectivity index (χ1n) is 5.69. The van der Waals surface area contributed by atoms with Gasteiger partial charge in [0.1, 0.15) is 0 Å². The van der Waals surface area contributed by atoms with Gasteiger partial charge >= 0.3 is 0 Å². The highest BCUT2D eigenvalue weighted by molar-refractivity contribution is 6.31. The van der Waals surface area contributed by atoms with Crippen molar-refractivity contribution in [3.63, 3.8) is 0 Å². The second-order valence-electron chi connectivity index (χ2n) is 4.00. The number of para-hydroxylation sites is 1. The SMILES string of the molecule is O=C(Nc1cccc2c1OCO2)c1cccc(Cl)c1. The summed E-state index contributed by atoms with van der Waals surface area (Å²) in [7, 11) is 0. The van der Waals surface area contributed by atoms with Crippen molar-refractivity contribution in [3.8, 4) is 11.5 Å². The molecule has 0 radical (unpaired) electrons. The lowest BCUT2D eigenvalue weighted by molar-refractivity contribution is 0.102. The number of hydrogen-bond acceptors (Lipinski definition) is 3. The Morgan fingerprint density at radius 2 is 2.00 bits per heavy atom. The van der Waals surface area contributed by atoms with Gasteiger partial charge in [0, 0.05) is 10.6 Å². The number of hydrogen-bond donors (Lipinski definition) is 1. The molecule has 0 unspecified atom stereocenters. The number of carbonyl (C=O) groups is 1. The summed E-state index contributed by atoms with van der Waals surface area (Å²) < 4.78 is 10.6. The van der Waals surface area contributed by atoms with E-state index in [0.717, 1.165) is 0 Å². The first kappa shape index (κ1) is 11.9. The predicted molar refractivity (Wildman–Crippen MR) is 72.0 cm³/mol. The van der Waals surface area contributed by atoms with Gasteiger partial charge in [-0.15, -0.1) is 0 Å². The van der Waals surface area contributed by atoms with Crippen molar-refractivity contribution in [1.82, 2.24) is 0 Å². The zero-order chi connectivity index (χ0) is 13.2. The maximum atomic E-state index is 12.1. The number of rotatable bonds is 2. The standard InChI is InChI=1S/C14H10ClNO3/c15-10-4-1-3-9(7-10)14(17)16-11-5-2-6-12-13(11)19-8-18-12/h1-7H,8H2,(H,16,17). The minimum Gasteiger partial charge on any atom is -0.454 e. The van der Waals surface area contributed by atoms with E-state index in [1.165, 1.54) is 0 Å². The molecule has 0 saturated carbocycles. The van der Waals surface area contributed by atoms with Crippen molar-refractivity contribution in [3.05, 3.63) is 53.1 Å². The number of amides is 1. The van der Waals surface area contributed by atoms with Gasteiger partial charge in [-0.25, -0.2) is 0 Å². The molecule has 0 saturated heterocycles. The van der Waals surface area contributed by atoms with Gasteiger partial charge in [0.15, 0.2) is 11.5 Å². The summed E-state index contributed by atoms with van der Waals surface area (Å²) in [5.74, 6) is 0.938. The van der Waals surface area contributed by atoms with Crippen LogP contribution in [0.25, 0.3) is 0 Å². The molecule has 0 fully saturated rings. The van der Waals surface area contributed by atoms with Gasteiger partial charge in [0.2, 0.25) is 6.79 Å². The Hall–Kier alpha value is -2.20. The Labute approximate surface area is 114 Å². The van der Waals surface area contributed by atoms with E-state index in [1.807, 2.05) is 0 Å². The molecule has 0 bridgehead atoms. The molecule has 1 amide bonds. The molecule has 5 heteroatoms. The van der Waals surface area contributed by atoms with E-state index >= 15 is 0 Å². The van der Waals surface area contributed by atoms with Crippen molar-refractivity contribution in [2.75, 3.05) is 12.1 Å². The maximum absolute atomic E-state index is 12.1. The molecule has 0 aromatic heterocycles. The monoisotopic (exact) mass is 275 g/mol. The summed E-state index contributed by atoms with van der Waals surface area (Å²) >= 11 is 5.86. The third-order valence-corrected chi connectivity index (χ3v) is 2.97. The number of ether oxygens (including phenoxy) is 2.